The fourth-order valence-corrected chi connectivity index (χ4v) is 3.48. The van der Waals surface area contributed by atoms with Crippen LogP contribution in [0.15, 0.2) is 29.2 Å². The Hall–Kier alpha value is -1.20. The molecule has 0 heterocycles. The summed E-state index contributed by atoms with van der Waals surface area (Å²) in [6.45, 7) is 3.52. The lowest BCUT2D eigenvalue weighted by Gasteiger charge is -2.32. The maximum absolute atomic E-state index is 12.1. The van der Waals surface area contributed by atoms with E-state index in [0.29, 0.717) is 11.5 Å². The quantitative estimate of drug-likeness (QED) is 0.848. The van der Waals surface area contributed by atoms with Gasteiger partial charge in [0.05, 0.1) is 4.90 Å². The molecule has 4 nitrogen and oxygen atoms in total. The average Bonchev–Trinajstić information content (AvgIpc) is 2.27. The van der Waals surface area contributed by atoms with Gasteiger partial charge in [0.15, 0.2) is 5.78 Å². The van der Waals surface area contributed by atoms with E-state index in [0.717, 1.165) is 12.8 Å². The van der Waals surface area contributed by atoms with Gasteiger partial charge in [0.25, 0.3) is 0 Å². The fraction of sp³-hybridized carbons (Fsp3) is 0.462. The maximum Gasteiger partial charge on any atom is 0.240 e. The van der Waals surface area contributed by atoms with Gasteiger partial charge in [-0.3, -0.25) is 4.79 Å². The number of hydrogen-bond donors (Lipinski definition) is 1. The molecule has 0 saturated heterocycles. The molecule has 2 rings (SSSR count). The third-order valence-corrected chi connectivity index (χ3v) is 4.76. The normalized spacial score (nSPS) is 23.4. The molecule has 1 aliphatic rings. The summed E-state index contributed by atoms with van der Waals surface area (Å²) in [5.41, 5.74) is 0.417. The van der Waals surface area contributed by atoms with Crippen LogP contribution in [0.2, 0.25) is 0 Å². The third kappa shape index (κ3) is 2.79. The van der Waals surface area contributed by atoms with Crippen LogP contribution in [-0.4, -0.2) is 20.2 Å². The zero-order chi connectivity index (χ0) is 13.3. The van der Waals surface area contributed by atoms with Gasteiger partial charge in [-0.1, -0.05) is 19.1 Å². The number of Topliss-reactive ketones (excluding diaryl/α,β-unsaturated/α-hetero) is 1. The van der Waals surface area contributed by atoms with Crippen molar-refractivity contribution < 1.29 is 13.2 Å². The van der Waals surface area contributed by atoms with Crippen molar-refractivity contribution in [2.45, 2.75) is 37.6 Å². The zero-order valence-electron chi connectivity index (χ0n) is 10.5. The van der Waals surface area contributed by atoms with Gasteiger partial charge in [0.2, 0.25) is 10.0 Å². The Bertz CT molecular complexity index is 559. The van der Waals surface area contributed by atoms with Crippen LogP contribution in [0.3, 0.4) is 0 Å². The van der Waals surface area contributed by atoms with Crippen molar-refractivity contribution >= 4 is 15.8 Å². The highest BCUT2D eigenvalue weighted by Crippen LogP contribution is 2.27. The van der Waals surface area contributed by atoms with Gasteiger partial charge in [-0.05, 0) is 37.8 Å². The molecule has 1 N–H and O–H groups in total. The van der Waals surface area contributed by atoms with E-state index in [1.807, 2.05) is 0 Å². The lowest BCUT2D eigenvalue weighted by molar-refractivity contribution is 0.101. The van der Waals surface area contributed by atoms with E-state index in [-0.39, 0.29) is 16.7 Å². The summed E-state index contributed by atoms with van der Waals surface area (Å²) in [5.74, 6) is 0.450. The van der Waals surface area contributed by atoms with Crippen LogP contribution in [0.4, 0.5) is 0 Å². The van der Waals surface area contributed by atoms with E-state index >= 15 is 0 Å². The smallest absolute Gasteiger partial charge is 0.240 e. The molecule has 1 aromatic rings. The summed E-state index contributed by atoms with van der Waals surface area (Å²) < 4.78 is 26.9. The number of sulfonamides is 1. The third-order valence-electron chi connectivity index (χ3n) is 3.25. The number of nitrogens with one attached hydrogen (secondary N) is 1. The first-order chi connectivity index (χ1) is 8.38. The van der Waals surface area contributed by atoms with Crippen molar-refractivity contribution in [3.63, 3.8) is 0 Å². The molecule has 0 radical (unpaired) electrons. The van der Waals surface area contributed by atoms with Gasteiger partial charge in [0, 0.05) is 11.6 Å². The number of benzene rings is 1. The standard InChI is InChI=1S/C13H17NO3S/c1-9-6-12(7-9)14-18(16,17)13-5-3-4-11(8-13)10(2)15/h3-5,8-9,12,14H,6-7H2,1-2H3. The van der Waals surface area contributed by atoms with Crippen molar-refractivity contribution in [2.24, 2.45) is 5.92 Å². The predicted octanol–water partition coefficient (Wildman–Crippen LogP) is 1.97. The van der Waals surface area contributed by atoms with E-state index in [2.05, 4.69) is 11.6 Å². The van der Waals surface area contributed by atoms with Crippen LogP contribution in [0, 0.1) is 5.92 Å². The molecule has 1 aliphatic carbocycles. The highest BCUT2D eigenvalue weighted by Gasteiger charge is 2.29. The zero-order valence-corrected chi connectivity index (χ0v) is 11.3. The van der Waals surface area contributed by atoms with E-state index in [1.165, 1.54) is 19.1 Å². The van der Waals surface area contributed by atoms with Gasteiger partial charge >= 0.3 is 0 Å². The van der Waals surface area contributed by atoms with Gasteiger partial charge < -0.3 is 0 Å². The Morgan fingerprint density at radius 1 is 1.33 bits per heavy atom. The van der Waals surface area contributed by atoms with Crippen molar-refractivity contribution in [3.8, 4) is 0 Å². The number of carbonyl (C=O) groups excluding carboxylic acids is 1. The van der Waals surface area contributed by atoms with Crippen LogP contribution < -0.4 is 4.72 Å². The molecule has 1 aromatic carbocycles. The first-order valence-corrected chi connectivity index (χ1v) is 7.50. The summed E-state index contributed by atoms with van der Waals surface area (Å²) in [4.78, 5) is 11.4. The van der Waals surface area contributed by atoms with Crippen LogP contribution >= 0.6 is 0 Å². The minimum Gasteiger partial charge on any atom is -0.295 e. The largest absolute Gasteiger partial charge is 0.295 e. The molecular weight excluding hydrogens is 250 g/mol. The van der Waals surface area contributed by atoms with Crippen molar-refractivity contribution in [3.05, 3.63) is 29.8 Å². The predicted molar refractivity (Wildman–Crippen MR) is 69.0 cm³/mol. The van der Waals surface area contributed by atoms with Crippen molar-refractivity contribution in [2.75, 3.05) is 0 Å². The summed E-state index contributed by atoms with van der Waals surface area (Å²) in [5, 5.41) is 0. The number of carbonyl (C=O) groups is 1. The molecule has 0 aromatic heterocycles. The first kappa shape index (κ1) is 13.2. The molecule has 0 unspecified atom stereocenters. The van der Waals surface area contributed by atoms with Crippen LogP contribution in [0.25, 0.3) is 0 Å². The molecule has 98 valence electrons. The SMILES string of the molecule is CC(=O)c1cccc(S(=O)(=O)NC2CC(C)C2)c1. The Morgan fingerprint density at radius 2 is 2.00 bits per heavy atom. The maximum atomic E-state index is 12.1. The van der Waals surface area contributed by atoms with Crippen molar-refractivity contribution in [1.29, 1.82) is 0 Å². The second-order valence-electron chi connectivity index (χ2n) is 4.98. The Morgan fingerprint density at radius 3 is 2.56 bits per heavy atom. The van der Waals surface area contributed by atoms with Crippen LogP contribution in [0.5, 0.6) is 0 Å². The molecule has 0 spiro atoms. The molecule has 0 aliphatic heterocycles. The van der Waals surface area contributed by atoms with E-state index in [9.17, 15) is 13.2 Å². The van der Waals surface area contributed by atoms with Gasteiger partial charge in [0.1, 0.15) is 0 Å². The number of hydrogen-bond acceptors (Lipinski definition) is 3. The Labute approximate surface area is 107 Å². The van der Waals surface area contributed by atoms with Crippen LogP contribution in [-0.2, 0) is 10.0 Å². The lowest BCUT2D eigenvalue weighted by Crippen LogP contribution is -2.43. The van der Waals surface area contributed by atoms with Crippen molar-refractivity contribution in [1.82, 2.24) is 4.72 Å². The number of rotatable bonds is 4. The molecule has 0 amide bonds. The highest BCUT2D eigenvalue weighted by atomic mass is 32.2. The highest BCUT2D eigenvalue weighted by molar-refractivity contribution is 7.89. The minimum absolute atomic E-state index is 0.0333. The second kappa shape index (κ2) is 4.82. The summed E-state index contributed by atoms with van der Waals surface area (Å²) in [7, 11) is -3.50. The van der Waals surface area contributed by atoms with E-state index < -0.39 is 10.0 Å². The van der Waals surface area contributed by atoms with Gasteiger partial charge in [-0.2, -0.15) is 0 Å². The van der Waals surface area contributed by atoms with E-state index in [4.69, 9.17) is 0 Å². The second-order valence-corrected chi connectivity index (χ2v) is 6.69. The topological polar surface area (TPSA) is 63.2 Å². The average molecular weight is 267 g/mol. The van der Waals surface area contributed by atoms with E-state index in [1.54, 1.807) is 12.1 Å². The van der Waals surface area contributed by atoms with Gasteiger partial charge in [-0.15, -0.1) is 0 Å². The monoisotopic (exact) mass is 267 g/mol. The number of ketones is 1. The summed E-state index contributed by atoms with van der Waals surface area (Å²) in [6, 6.07) is 6.18. The molecule has 0 bridgehead atoms. The van der Waals surface area contributed by atoms with Crippen LogP contribution in [0.1, 0.15) is 37.0 Å². The molecule has 0 atom stereocenters. The minimum atomic E-state index is -3.50. The summed E-state index contributed by atoms with van der Waals surface area (Å²) in [6.07, 6.45) is 1.76. The molecule has 1 fully saturated rings. The van der Waals surface area contributed by atoms with Gasteiger partial charge in [-0.25, -0.2) is 13.1 Å². The lowest BCUT2D eigenvalue weighted by atomic mass is 9.83. The Kier molecular flexibility index (Phi) is 3.54. The molecule has 1 saturated carbocycles. The molecule has 18 heavy (non-hydrogen) atoms. The molecular formula is C13H17NO3S. The first-order valence-electron chi connectivity index (χ1n) is 6.02. The fourth-order valence-electron chi connectivity index (χ4n) is 2.17. The molecule has 5 heteroatoms. The summed E-state index contributed by atoms with van der Waals surface area (Å²) >= 11 is 0. The Balaban J connectivity index is 2.19.